The molecule has 54 heavy (non-hydrogen) atoms. The lowest BCUT2D eigenvalue weighted by Gasteiger charge is -2.27. The third-order valence-corrected chi connectivity index (χ3v) is 13.3. The number of fused-ring (bicyclic) bond motifs is 13. The highest BCUT2D eigenvalue weighted by Gasteiger charge is 2.23. The van der Waals surface area contributed by atoms with E-state index >= 15 is 0 Å². The zero-order valence-corrected chi connectivity index (χ0v) is 30.5. The van der Waals surface area contributed by atoms with Gasteiger partial charge in [0.1, 0.15) is 11.2 Å². The van der Waals surface area contributed by atoms with Crippen molar-refractivity contribution in [3.8, 4) is 11.1 Å². The van der Waals surface area contributed by atoms with Gasteiger partial charge in [0.05, 0.1) is 5.69 Å². The van der Waals surface area contributed by atoms with Crippen LogP contribution >= 0.6 is 22.7 Å². The van der Waals surface area contributed by atoms with Crippen molar-refractivity contribution in [2.75, 3.05) is 4.90 Å². The van der Waals surface area contributed by atoms with Gasteiger partial charge in [-0.25, -0.2) is 0 Å². The van der Waals surface area contributed by atoms with Gasteiger partial charge < -0.3 is 9.32 Å². The van der Waals surface area contributed by atoms with Gasteiger partial charge in [0, 0.05) is 67.9 Å². The van der Waals surface area contributed by atoms with Crippen LogP contribution in [0.2, 0.25) is 0 Å². The van der Waals surface area contributed by atoms with E-state index in [1.54, 1.807) is 0 Å². The lowest BCUT2D eigenvalue weighted by Crippen LogP contribution is -2.10. The first-order valence-electron chi connectivity index (χ1n) is 18.2. The SMILES string of the molecule is c1ccc2c(-c3ccc(N(c4ccc5c(c4)sc4ccccc45)c4cccc5sc6ccc7oc8c9ccccc9ccc8c7c6c45)cc3)cccc2c1. The fraction of sp³-hybridized carbons (Fsp3) is 0. The van der Waals surface area contributed by atoms with E-state index in [0.717, 1.165) is 39.0 Å². The molecule has 0 amide bonds. The van der Waals surface area contributed by atoms with E-state index < -0.39 is 0 Å². The molecule has 0 aliphatic heterocycles. The van der Waals surface area contributed by atoms with E-state index in [-0.39, 0.29) is 0 Å². The summed E-state index contributed by atoms with van der Waals surface area (Å²) in [7, 11) is 0. The van der Waals surface area contributed by atoms with Crippen molar-refractivity contribution >= 4 is 124 Å². The largest absolute Gasteiger partial charge is 0.455 e. The Kier molecular flexibility index (Phi) is 6.41. The minimum atomic E-state index is 0.918. The number of rotatable bonds is 4. The maximum atomic E-state index is 6.72. The molecule has 3 aromatic heterocycles. The van der Waals surface area contributed by atoms with Crippen LogP contribution in [0.5, 0.6) is 0 Å². The van der Waals surface area contributed by atoms with E-state index in [0.29, 0.717) is 0 Å². The second-order valence-electron chi connectivity index (χ2n) is 14.0. The molecule has 0 N–H and O–H groups in total. The third-order valence-electron chi connectivity index (χ3n) is 11.1. The maximum Gasteiger partial charge on any atom is 0.143 e. The van der Waals surface area contributed by atoms with Crippen LogP contribution in [0, 0.1) is 0 Å². The molecule has 2 nitrogen and oxygen atoms in total. The zero-order chi connectivity index (χ0) is 35.3. The van der Waals surface area contributed by atoms with Crippen molar-refractivity contribution in [3.05, 3.63) is 176 Å². The van der Waals surface area contributed by atoms with Crippen LogP contribution in [-0.4, -0.2) is 0 Å². The van der Waals surface area contributed by atoms with Gasteiger partial charge in [0.15, 0.2) is 0 Å². The molecule has 3 heterocycles. The number of furan rings is 1. The van der Waals surface area contributed by atoms with Crippen LogP contribution in [0.1, 0.15) is 0 Å². The highest BCUT2D eigenvalue weighted by Crippen LogP contribution is 2.50. The average molecular weight is 724 g/mol. The number of nitrogens with zero attached hydrogens (tertiary/aromatic N) is 1. The van der Waals surface area contributed by atoms with Gasteiger partial charge in [-0.1, -0.05) is 115 Å². The van der Waals surface area contributed by atoms with Crippen molar-refractivity contribution in [1.82, 2.24) is 0 Å². The molecule has 0 unspecified atom stereocenters. The molecule has 4 heteroatoms. The predicted octanol–water partition coefficient (Wildman–Crippen LogP) is 15.8. The maximum absolute atomic E-state index is 6.72. The summed E-state index contributed by atoms with van der Waals surface area (Å²) < 4.78 is 11.8. The Morgan fingerprint density at radius 3 is 1.93 bits per heavy atom. The molecule has 0 fully saturated rings. The molecule has 12 rings (SSSR count). The number of hydrogen-bond donors (Lipinski definition) is 0. The van der Waals surface area contributed by atoms with Crippen molar-refractivity contribution in [2.24, 2.45) is 0 Å². The summed E-state index contributed by atoms with van der Waals surface area (Å²) in [6.45, 7) is 0. The first-order chi connectivity index (χ1) is 26.8. The van der Waals surface area contributed by atoms with Crippen molar-refractivity contribution < 1.29 is 4.42 Å². The summed E-state index contributed by atoms with van der Waals surface area (Å²) in [6.07, 6.45) is 0. The van der Waals surface area contributed by atoms with Crippen LogP contribution in [0.4, 0.5) is 17.1 Å². The highest BCUT2D eigenvalue weighted by atomic mass is 32.1. The highest BCUT2D eigenvalue weighted by molar-refractivity contribution is 7.26. The lowest BCUT2D eigenvalue weighted by molar-refractivity contribution is 0.673. The van der Waals surface area contributed by atoms with Gasteiger partial charge in [-0.3, -0.25) is 0 Å². The quantitative estimate of drug-likeness (QED) is 0.180. The second kappa shape index (κ2) is 11.5. The van der Waals surface area contributed by atoms with E-state index in [9.17, 15) is 0 Å². The molecular formula is C50H29NOS2. The van der Waals surface area contributed by atoms with E-state index in [1.807, 2.05) is 22.7 Å². The Morgan fingerprint density at radius 1 is 0.389 bits per heavy atom. The first-order valence-corrected chi connectivity index (χ1v) is 19.9. The van der Waals surface area contributed by atoms with Crippen LogP contribution in [-0.2, 0) is 0 Å². The number of thiophene rings is 2. The van der Waals surface area contributed by atoms with E-state index in [4.69, 9.17) is 4.42 Å². The van der Waals surface area contributed by atoms with E-state index in [2.05, 4.69) is 181 Å². The molecule has 12 aromatic rings. The predicted molar refractivity (Wildman–Crippen MR) is 235 cm³/mol. The Hall–Kier alpha value is -6.46. The van der Waals surface area contributed by atoms with Gasteiger partial charge in [0.2, 0.25) is 0 Å². The summed E-state index contributed by atoms with van der Waals surface area (Å²) in [5.74, 6) is 0. The number of hydrogen-bond acceptors (Lipinski definition) is 4. The molecular weight excluding hydrogens is 695 g/mol. The molecule has 0 radical (unpaired) electrons. The first kappa shape index (κ1) is 30.0. The van der Waals surface area contributed by atoms with Gasteiger partial charge in [-0.15, -0.1) is 22.7 Å². The zero-order valence-electron chi connectivity index (χ0n) is 28.9. The monoisotopic (exact) mass is 723 g/mol. The normalized spacial score (nSPS) is 12.1. The number of anilines is 3. The molecule has 0 aliphatic carbocycles. The Morgan fingerprint density at radius 2 is 1.04 bits per heavy atom. The fourth-order valence-electron chi connectivity index (χ4n) is 8.62. The van der Waals surface area contributed by atoms with Crippen molar-refractivity contribution in [3.63, 3.8) is 0 Å². The molecule has 0 saturated carbocycles. The van der Waals surface area contributed by atoms with Crippen molar-refractivity contribution in [2.45, 2.75) is 0 Å². The molecule has 0 aliphatic rings. The van der Waals surface area contributed by atoms with Crippen LogP contribution < -0.4 is 4.90 Å². The summed E-state index contributed by atoms with van der Waals surface area (Å²) in [4.78, 5) is 2.46. The van der Waals surface area contributed by atoms with Crippen LogP contribution in [0.3, 0.4) is 0 Å². The summed E-state index contributed by atoms with van der Waals surface area (Å²) in [5.41, 5.74) is 7.71. The number of benzene rings is 9. The van der Waals surface area contributed by atoms with Gasteiger partial charge in [-0.2, -0.15) is 0 Å². The minimum absolute atomic E-state index is 0.918. The minimum Gasteiger partial charge on any atom is -0.455 e. The standard InChI is InChI=1S/C50H29NOS2/c1-3-12-35-30(9-1)11-7-15-36(35)32-19-22-33(23-20-32)51(34-24-26-39-38-14-5-6-17-43(38)53-46(39)29-34)41-16-8-18-44-48(41)49-45(54-44)28-27-42-47(49)40-25-21-31-10-2-4-13-37(31)50(40)52-42/h1-29H. The van der Waals surface area contributed by atoms with Crippen molar-refractivity contribution in [1.29, 1.82) is 0 Å². The molecule has 0 saturated heterocycles. The molecule has 0 atom stereocenters. The van der Waals surface area contributed by atoms with E-state index in [1.165, 1.54) is 73.0 Å². The summed E-state index contributed by atoms with van der Waals surface area (Å²) in [5, 5.41) is 12.3. The molecule has 0 spiro atoms. The molecule has 252 valence electrons. The van der Waals surface area contributed by atoms with Gasteiger partial charge >= 0.3 is 0 Å². The molecule has 0 bridgehead atoms. The average Bonchev–Trinajstić information content (AvgIpc) is 3.92. The molecule has 9 aromatic carbocycles. The second-order valence-corrected chi connectivity index (χ2v) is 16.2. The third kappa shape index (κ3) is 4.38. The summed E-state index contributed by atoms with van der Waals surface area (Å²) in [6, 6.07) is 64.2. The topological polar surface area (TPSA) is 16.4 Å². The van der Waals surface area contributed by atoms with Crippen LogP contribution in [0.25, 0.3) is 95.0 Å². The smallest absolute Gasteiger partial charge is 0.143 e. The van der Waals surface area contributed by atoms with Crippen LogP contribution in [0.15, 0.2) is 180 Å². The van der Waals surface area contributed by atoms with Gasteiger partial charge in [-0.05, 0) is 87.9 Å². The summed E-state index contributed by atoms with van der Waals surface area (Å²) >= 11 is 3.71. The fourth-order valence-corrected chi connectivity index (χ4v) is 10.9. The lowest BCUT2D eigenvalue weighted by atomic mass is 9.98. The Labute approximate surface area is 318 Å². The Bertz CT molecular complexity index is 3450. The van der Waals surface area contributed by atoms with Gasteiger partial charge in [0.25, 0.3) is 0 Å². The Balaban J connectivity index is 1.13.